The summed E-state index contributed by atoms with van der Waals surface area (Å²) in [6.07, 6.45) is 2.86. The summed E-state index contributed by atoms with van der Waals surface area (Å²) >= 11 is 1.48. The van der Waals surface area contributed by atoms with E-state index in [4.69, 9.17) is 5.73 Å². The second-order valence-corrected chi connectivity index (χ2v) is 7.54. The topological polar surface area (TPSA) is 84.2 Å². The fourth-order valence-electron chi connectivity index (χ4n) is 3.26. The molecular formula is C19H23N3O2S. The number of nitrogens with one attached hydrogen (secondary N) is 2. The van der Waals surface area contributed by atoms with Crippen molar-refractivity contribution in [2.45, 2.75) is 45.2 Å². The Balaban J connectivity index is 1.69. The van der Waals surface area contributed by atoms with Crippen LogP contribution in [0.2, 0.25) is 0 Å². The Hall–Kier alpha value is -2.18. The minimum atomic E-state index is -0.465. The van der Waals surface area contributed by atoms with Gasteiger partial charge >= 0.3 is 0 Å². The third kappa shape index (κ3) is 3.75. The van der Waals surface area contributed by atoms with Crippen molar-refractivity contribution in [1.29, 1.82) is 0 Å². The van der Waals surface area contributed by atoms with Crippen molar-refractivity contribution < 1.29 is 9.59 Å². The molecule has 132 valence electrons. The van der Waals surface area contributed by atoms with E-state index in [2.05, 4.69) is 10.6 Å². The van der Waals surface area contributed by atoms with Gasteiger partial charge in [0.05, 0.1) is 11.6 Å². The number of carbonyl (C=O) groups is 2. The van der Waals surface area contributed by atoms with Crippen LogP contribution >= 0.6 is 11.3 Å². The summed E-state index contributed by atoms with van der Waals surface area (Å²) in [6, 6.07) is 9.62. The van der Waals surface area contributed by atoms with Gasteiger partial charge in [-0.2, -0.15) is 0 Å². The molecule has 1 aromatic heterocycles. The van der Waals surface area contributed by atoms with Gasteiger partial charge in [0.2, 0.25) is 5.91 Å². The zero-order chi connectivity index (χ0) is 18.0. The average Bonchev–Trinajstić information content (AvgIpc) is 3.15. The fourth-order valence-corrected chi connectivity index (χ4v) is 4.56. The van der Waals surface area contributed by atoms with Gasteiger partial charge in [0.25, 0.3) is 5.91 Å². The van der Waals surface area contributed by atoms with E-state index in [1.807, 2.05) is 44.2 Å². The van der Waals surface area contributed by atoms with E-state index in [-0.39, 0.29) is 11.9 Å². The molecule has 3 rings (SSSR count). The summed E-state index contributed by atoms with van der Waals surface area (Å²) in [5, 5.41) is 6.77. The first-order valence-electron chi connectivity index (χ1n) is 8.53. The predicted molar refractivity (Wildman–Crippen MR) is 101 cm³/mol. The minimum Gasteiger partial charge on any atom is -0.365 e. The molecule has 0 fully saturated rings. The number of rotatable bonds is 6. The number of fused-ring (bicyclic) bond motifs is 1. The molecule has 6 heteroatoms. The quantitative estimate of drug-likeness (QED) is 0.743. The van der Waals surface area contributed by atoms with Crippen molar-refractivity contribution in [3.8, 4) is 0 Å². The highest BCUT2D eigenvalue weighted by molar-refractivity contribution is 7.17. The van der Waals surface area contributed by atoms with E-state index in [9.17, 15) is 9.59 Å². The summed E-state index contributed by atoms with van der Waals surface area (Å²) in [5.74, 6) is -0.627. The van der Waals surface area contributed by atoms with Crippen molar-refractivity contribution in [1.82, 2.24) is 5.32 Å². The molecule has 0 radical (unpaired) electrons. The van der Waals surface area contributed by atoms with Crippen LogP contribution in [0.15, 0.2) is 30.3 Å². The van der Waals surface area contributed by atoms with Gasteiger partial charge < -0.3 is 11.1 Å². The molecule has 1 aliphatic carbocycles. The van der Waals surface area contributed by atoms with Crippen molar-refractivity contribution in [2.24, 2.45) is 5.73 Å². The number of thiophene rings is 1. The Bertz CT molecular complexity index is 785. The first-order valence-corrected chi connectivity index (χ1v) is 9.35. The first kappa shape index (κ1) is 17.6. The SMILES string of the molecule is C[C@H](N[C@H](C)C(=O)Nc1sc2c(c1C(N)=O)CCC2)c1ccccc1. The van der Waals surface area contributed by atoms with E-state index >= 15 is 0 Å². The summed E-state index contributed by atoms with van der Waals surface area (Å²) in [4.78, 5) is 25.5. The van der Waals surface area contributed by atoms with Crippen LogP contribution in [0.3, 0.4) is 0 Å². The first-order chi connectivity index (χ1) is 12.0. The molecule has 0 saturated carbocycles. The van der Waals surface area contributed by atoms with Crippen molar-refractivity contribution in [3.63, 3.8) is 0 Å². The molecule has 2 atom stereocenters. The summed E-state index contributed by atoms with van der Waals surface area (Å²) < 4.78 is 0. The largest absolute Gasteiger partial charge is 0.365 e. The fraction of sp³-hybridized carbons (Fsp3) is 0.368. The Morgan fingerprint density at radius 1 is 1.16 bits per heavy atom. The molecule has 1 aliphatic rings. The molecule has 1 heterocycles. The lowest BCUT2D eigenvalue weighted by molar-refractivity contribution is -0.117. The molecule has 5 nitrogen and oxygen atoms in total. The molecule has 0 unspecified atom stereocenters. The van der Waals surface area contributed by atoms with Gasteiger partial charge in [0.1, 0.15) is 5.00 Å². The Kier molecular flexibility index (Phi) is 5.20. The molecule has 2 amide bonds. The van der Waals surface area contributed by atoms with Crippen molar-refractivity contribution in [3.05, 3.63) is 51.9 Å². The predicted octanol–water partition coefficient (Wildman–Crippen LogP) is 3.01. The number of primary amides is 1. The molecule has 0 aliphatic heterocycles. The number of hydrogen-bond donors (Lipinski definition) is 3. The third-order valence-corrected chi connectivity index (χ3v) is 5.80. The van der Waals surface area contributed by atoms with Gasteiger partial charge in [-0.15, -0.1) is 11.3 Å². The maximum absolute atomic E-state index is 12.6. The molecular weight excluding hydrogens is 334 g/mol. The van der Waals surface area contributed by atoms with Crippen LogP contribution < -0.4 is 16.4 Å². The van der Waals surface area contributed by atoms with Crippen LogP contribution in [-0.2, 0) is 17.6 Å². The Labute approximate surface area is 151 Å². The Morgan fingerprint density at radius 2 is 1.88 bits per heavy atom. The van der Waals surface area contributed by atoms with Crippen LogP contribution in [-0.4, -0.2) is 17.9 Å². The average molecular weight is 357 g/mol. The van der Waals surface area contributed by atoms with Gasteiger partial charge in [0.15, 0.2) is 0 Å². The minimum absolute atomic E-state index is 0.0471. The van der Waals surface area contributed by atoms with E-state index < -0.39 is 11.9 Å². The molecule has 0 spiro atoms. The van der Waals surface area contributed by atoms with Crippen LogP contribution in [0.4, 0.5) is 5.00 Å². The van der Waals surface area contributed by atoms with E-state index in [1.54, 1.807) is 0 Å². The van der Waals surface area contributed by atoms with E-state index in [0.717, 1.165) is 30.4 Å². The number of carbonyl (C=O) groups excluding carboxylic acids is 2. The highest BCUT2D eigenvalue weighted by Gasteiger charge is 2.27. The summed E-state index contributed by atoms with van der Waals surface area (Å²) in [7, 11) is 0. The zero-order valence-corrected chi connectivity index (χ0v) is 15.3. The van der Waals surface area contributed by atoms with Crippen LogP contribution in [0.25, 0.3) is 0 Å². The molecule has 0 bridgehead atoms. The second kappa shape index (κ2) is 7.37. The molecule has 1 aromatic carbocycles. The number of benzene rings is 1. The number of nitrogens with two attached hydrogens (primary N) is 1. The maximum atomic E-state index is 12.6. The number of amides is 2. The van der Waals surface area contributed by atoms with Gasteiger partial charge in [-0.1, -0.05) is 30.3 Å². The number of hydrogen-bond acceptors (Lipinski definition) is 4. The maximum Gasteiger partial charge on any atom is 0.251 e. The molecule has 2 aromatic rings. The van der Waals surface area contributed by atoms with E-state index in [1.165, 1.54) is 16.2 Å². The second-order valence-electron chi connectivity index (χ2n) is 6.44. The zero-order valence-electron chi connectivity index (χ0n) is 14.5. The summed E-state index contributed by atoms with van der Waals surface area (Å²) in [6.45, 7) is 3.84. The monoisotopic (exact) mass is 357 g/mol. The summed E-state index contributed by atoms with van der Waals surface area (Å²) in [5.41, 5.74) is 8.18. The smallest absolute Gasteiger partial charge is 0.251 e. The van der Waals surface area contributed by atoms with Crippen LogP contribution in [0.5, 0.6) is 0 Å². The lowest BCUT2D eigenvalue weighted by Gasteiger charge is -2.20. The number of aryl methyl sites for hydroxylation is 1. The number of anilines is 1. The van der Waals surface area contributed by atoms with Gasteiger partial charge in [-0.25, -0.2) is 0 Å². The van der Waals surface area contributed by atoms with Crippen LogP contribution in [0.1, 0.15) is 52.7 Å². The van der Waals surface area contributed by atoms with Gasteiger partial charge in [-0.3, -0.25) is 14.9 Å². The highest BCUT2D eigenvalue weighted by atomic mass is 32.1. The lowest BCUT2D eigenvalue weighted by atomic mass is 10.1. The lowest BCUT2D eigenvalue weighted by Crippen LogP contribution is -2.39. The molecule has 0 saturated heterocycles. The van der Waals surface area contributed by atoms with Crippen molar-refractivity contribution in [2.75, 3.05) is 5.32 Å². The molecule has 25 heavy (non-hydrogen) atoms. The molecule has 4 N–H and O–H groups in total. The highest BCUT2D eigenvalue weighted by Crippen LogP contribution is 2.38. The van der Waals surface area contributed by atoms with E-state index in [0.29, 0.717) is 10.6 Å². The standard InChI is InChI=1S/C19H23N3O2S/c1-11(13-7-4-3-5-8-13)21-12(2)18(24)22-19-16(17(20)23)14-9-6-10-15(14)25-19/h3-5,7-8,11-12,21H,6,9-10H2,1-2H3,(H2,20,23)(H,22,24)/t11-,12+/m0/s1. The Morgan fingerprint density at radius 3 is 2.56 bits per heavy atom. The van der Waals surface area contributed by atoms with Crippen molar-refractivity contribution >= 4 is 28.2 Å². The normalized spacial score (nSPS) is 15.4. The third-order valence-electron chi connectivity index (χ3n) is 4.60. The van der Waals surface area contributed by atoms with Gasteiger partial charge in [-0.05, 0) is 44.2 Å². The van der Waals surface area contributed by atoms with Crippen LogP contribution in [0, 0.1) is 0 Å². The van der Waals surface area contributed by atoms with Gasteiger partial charge in [0, 0.05) is 10.9 Å².